The summed E-state index contributed by atoms with van der Waals surface area (Å²) >= 11 is 5.96. The molecule has 0 saturated carbocycles. The second kappa shape index (κ2) is 7.50. The van der Waals surface area contributed by atoms with Crippen LogP contribution in [0.25, 0.3) is 28.2 Å². The molecule has 0 aliphatic carbocycles. The highest BCUT2D eigenvalue weighted by molar-refractivity contribution is 6.32. The third-order valence-corrected chi connectivity index (χ3v) is 4.85. The van der Waals surface area contributed by atoms with Crippen molar-refractivity contribution in [2.24, 2.45) is 0 Å². The van der Waals surface area contributed by atoms with Crippen LogP contribution in [0.5, 0.6) is 0 Å². The van der Waals surface area contributed by atoms with E-state index in [2.05, 4.69) is 9.97 Å². The van der Waals surface area contributed by atoms with E-state index >= 15 is 0 Å². The summed E-state index contributed by atoms with van der Waals surface area (Å²) in [7, 11) is 0. The lowest BCUT2D eigenvalue weighted by Crippen LogP contribution is -2.06. The number of rotatable bonds is 4. The van der Waals surface area contributed by atoms with E-state index in [9.17, 15) is 13.2 Å². The Hall–Kier alpha value is -2.90. The van der Waals surface area contributed by atoms with Crippen molar-refractivity contribution in [1.82, 2.24) is 14.5 Å². The van der Waals surface area contributed by atoms with Gasteiger partial charge in [-0.25, -0.2) is 4.98 Å². The quantitative estimate of drug-likeness (QED) is 0.490. The zero-order chi connectivity index (χ0) is 20.6. The van der Waals surface area contributed by atoms with Gasteiger partial charge in [-0.15, -0.1) is 0 Å². The molecule has 4 rings (SSSR count). The van der Waals surface area contributed by atoms with Gasteiger partial charge >= 0.3 is 6.18 Å². The van der Waals surface area contributed by atoms with Crippen LogP contribution in [-0.2, 0) is 12.6 Å². The van der Waals surface area contributed by atoms with Crippen LogP contribution in [-0.4, -0.2) is 26.2 Å². The lowest BCUT2D eigenvalue weighted by molar-refractivity contribution is -0.137. The van der Waals surface area contributed by atoms with Gasteiger partial charge < -0.3 is 5.11 Å². The molecule has 8 heteroatoms. The van der Waals surface area contributed by atoms with E-state index in [1.54, 1.807) is 29.0 Å². The maximum Gasteiger partial charge on any atom is 0.417 e. The highest BCUT2D eigenvalue weighted by Crippen LogP contribution is 2.38. The first-order chi connectivity index (χ1) is 13.9. The summed E-state index contributed by atoms with van der Waals surface area (Å²) in [5.74, 6) is 0.408. The Morgan fingerprint density at radius 3 is 2.41 bits per heavy atom. The lowest BCUT2D eigenvalue weighted by atomic mass is 10.1. The first-order valence-electron chi connectivity index (χ1n) is 8.79. The number of nitrogens with zero attached hydrogens (tertiary/aromatic N) is 3. The number of pyridine rings is 1. The molecule has 0 fully saturated rings. The van der Waals surface area contributed by atoms with Gasteiger partial charge in [-0.3, -0.25) is 9.55 Å². The van der Waals surface area contributed by atoms with Crippen molar-refractivity contribution >= 4 is 22.6 Å². The summed E-state index contributed by atoms with van der Waals surface area (Å²) in [5, 5.41) is 8.71. The molecular formula is C21H15ClF3N3O. The van der Waals surface area contributed by atoms with Crippen molar-refractivity contribution in [2.45, 2.75) is 12.6 Å². The molecular weight excluding hydrogens is 403 g/mol. The van der Waals surface area contributed by atoms with E-state index in [0.29, 0.717) is 29.1 Å². The highest BCUT2D eigenvalue weighted by Gasteiger charge is 2.34. The Morgan fingerprint density at radius 1 is 1.03 bits per heavy atom. The minimum Gasteiger partial charge on any atom is -0.396 e. The summed E-state index contributed by atoms with van der Waals surface area (Å²) in [4.78, 5) is 8.73. The van der Waals surface area contributed by atoms with Gasteiger partial charge in [0, 0.05) is 18.5 Å². The van der Waals surface area contributed by atoms with Crippen LogP contribution in [0.15, 0.2) is 60.8 Å². The average molecular weight is 418 g/mol. The van der Waals surface area contributed by atoms with E-state index in [1.807, 2.05) is 24.3 Å². The Balaban J connectivity index is 1.98. The van der Waals surface area contributed by atoms with Crippen LogP contribution >= 0.6 is 11.6 Å². The molecule has 0 bridgehead atoms. The maximum absolute atomic E-state index is 13.3. The smallest absolute Gasteiger partial charge is 0.396 e. The fourth-order valence-electron chi connectivity index (χ4n) is 3.18. The molecule has 4 nitrogen and oxygen atoms in total. The lowest BCUT2D eigenvalue weighted by Gasteiger charge is -2.12. The van der Waals surface area contributed by atoms with Crippen LogP contribution in [0.2, 0.25) is 5.02 Å². The highest BCUT2D eigenvalue weighted by atomic mass is 35.5. The van der Waals surface area contributed by atoms with Crippen LogP contribution in [0.4, 0.5) is 13.2 Å². The minimum atomic E-state index is -4.58. The Morgan fingerprint density at radius 2 is 1.79 bits per heavy atom. The predicted molar refractivity (Wildman–Crippen MR) is 105 cm³/mol. The van der Waals surface area contributed by atoms with Gasteiger partial charge in [0.1, 0.15) is 5.69 Å². The Labute approximate surface area is 169 Å². The SMILES string of the molecule is OCCc1ccc(-n2c(-c3ccccn3)nc3cc(C(F)(F)F)c(Cl)cc32)cc1. The number of benzene rings is 2. The number of fused-ring (bicyclic) bond motifs is 1. The number of hydrogen-bond acceptors (Lipinski definition) is 3. The van der Waals surface area contributed by atoms with E-state index in [-0.39, 0.29) is 12.1 Å². The molecule has 0 amide bonds. The topological polar surface area (TPSA) is 50.9 Å². The van der Waals surface area contributed by atoms with Gasteiger partial charge in [0.2, 0.25) is 0 Å². The number of alkyl halides is 3. The molecule has 0 atom stereocenters. The first kappa shape index (κ1) is 19.4. The van der Waals surface area contributed by atoms with Gasteiger partial charge in [0.15, 0.2) is 5.82 Å². The van der Waals surface area contributed by atoms with Crippen molar-refractivity contribution in [3.05, 3.63) is 76.9 Å². The van der Waals surface area contributed by atoms with E-state index < -0.39 is 16.8 Å². The standard InChI is InChI=1S/C21H15ClF3N3O/c22-16-12-19-18(11-15(16)21(23,24)25)27-20(17-3-1-2-9-26-17)28(19)14-6-4-13(5-7-14)8-10-29/h1-7,9,11-12,29H,8,10H2. The second-order valence-corrected chi connectivity index (χ2v) is 6.85. The zero-order valence-corrected chi connectivity index (χ0v) is 15.7. The fourth-order valence-corrected chi connectivity index (χ4v) is 3.45. The molecule has 0 aliphatic rings. The van der Waals surface area contributed by atoms with Crippen LogP contribution in [0, 0.1) is 0 Å². The van der Waals surface area contributed by atoms with E-state index in [4.69, 9.17) is 16.7 Å². The van der Waals surface area contributed by atoms with Gasteiger partial charge in [0.05, 0.1) is 21.6 Å². The van der Waals surface area contributed by atoms with Crippen molar-refractivity contribution < 1.29 is 18.3 Å². The molecule has 0 spiro atoms. The second-order valence-electron chi connectivity index (χ2n) is 6.44. The molecule has 4 aromatic rings. The van der Waals surface area contributed by atoms with Crippen molar-refractivity contribution in [3.8, 4) is 17.2 Å². The summed E-state index contributed by atoms with van der Waals surface area (Å²) in [6.45, 7) is 0.0301. The number of aromatic nitrogens is 3. The first-order valence-corrected chi connectivity index (χ1v) is 9.17. The molecule has 2 aromatic carbocycles. The monoisotopic (exact) mass is 417 g/mol. The molecule has 1 N–H and O–H groups in total. The molecule has 148 valence electrons. The van der Waals surface area contributed by atoms with Gasteiger partial charge in [-0.1, -0.05) is 29.8 Å². The summed E-state index contributed by atoms with van der Waals surface area (Å²) in [6.07, 6.45) is -2.47. The van der Waals surface area contributed by atoms with Gasteiger partial charge in [-0.2, -0.15) is 13.2 Å². The average Bonchev–Trinajstić information content (AvgIpc) is 3.06. The number of imidazole rings is 1. The number of aliphatic hydroxyl groups is 1. The number of aliphatic hydroxyl groups excluding tert-OH is 1. The van der Waals surface area contributed by atoms with Crippen molar-refractivity contribution in [3.63, 3.8) is 0 Å². The Kier molecular flexibility index (Phi) is 5.02. The van der Waals surface area contributed by atoms with E-state index in [1.165, 1.54) is 6.07 Å². The normalized spacial score (nSPS) is 11.9. The largest absolute Gasteiger partial charge is 0.417 e. The van der Waals surface area contributed by atoms with Crippen molar-refractivity contribution in [1.29, 1.82) is 0 Å². The van der Waals surface area contributed by atoms with Crippen molar-refractivity contribution in [2.75, 3.05) is 6.61 Å². The summed E-state index contributed by atoms with van der Waals surface area (Å²) in [6, 6.07) is 14.9. The third kappa shape index (κ3) is 3.71. The van der Waals surface area contributed by atoms with E-state index in [0.717, 1.165) is 11.6 Å². The molecule has 29 heavy (non-hydrogen) atoms. The van der Waals surface area contributed by atoms with Crippen LogP contribution < -0.4 is 0 Å². The molecule has 0 radical (unpaired) electrons. The number of halogens is 4. The molecule has 0 aliphatic heterocycles. The molecule has 2 aromatic heterocycles. The van der Waals surface area contributed by atoms with Gasteiger partial charge in [0.25, 0.3) is 0 Å². The molecule has 2 heterocycles. The third-order valence-electron chi connectivity index (χ3n) is 4.54. The minimum absolute atomic E-state index is 0.0301. The molecule has 0 saturated heterocycles. The Bertz CT molecular complexity index is 1160. The summed E-state index contributed by atoms with van der Waals surface area (Å²) < 4.78 is 41.6. The molecule has 0 unspecified atom stereocenters. The summed E-state index contributed by atoms with van der Waals surface area (Å²) in [5.41, 5.74) is 1.85. The van der Waals surface area contributed by atoms with Crippen LogP contribution in [0.1, 0.15) is 11.1 Å². The maximum atomic E-state index is 13.3. The number of hydrogen-bond donors (Lipinski definition) is 1. The zero-order valence-electron chi connectivity index (χ0n) is 15.0. The predicted octanol–water partition coefficient (Wildman–Crippen LogP) is 5.29. The van der Waals surface area contributed by atoms with Crippen LogP contribution in [0.3, 0.4) is 0 Å². The fraction of sp³-hybridized carbons (Fsp3) is 0.143. The van der Waals surface area contributed by atoms with Gasteiger partial charge in [-0.05, 0) is 48.4 Å².